The summed E-state index contributed by atoms with van der Waals surface area (Å²) in [6.07, 6.45) is 9.79. The Morgan fingerprint density at radius 3 is 2.56 bits per heavy atom. The van der Waals surface area contributed by atoms with Gasteiger partial charge in [0, 0.05) is 12.6 Å². The Kier molecular flexibility index (Phi) is 3.05. The molecule has 1 saturated heterocycles. The molecule has 1 aliphatic heterocycles. The number of hydrogen-bond donors (Lipinski definition) is 0. The highest BCUT2D eigenvalue weighted by Gasteiger charge is 2.48. The van der Waals surface area contributed by atoms with Gasteiger partial charge < -0.3 is 4.90 Å². The Morgan fingerprint density at radius 1 is 1.11 bits per heavy atom. The van der Waals surface area contributed by atoms with Gasteiger partial charge in [-0.3, -0.25) is 4.79 Å². The minimum Gasteiger partial charge on any atom is -0.338 e. The highest BCUT2D eigenvalue weighted by atomic mass is 16.2. The number of nitriles is 1. The summed E-state index contributed by atoms with van der Waals surface area (Å²) in [5.74, 6) is 0.888. The first-order valence-electron chi connectivity index (χ1n) is 7.49. The molecule has 2 saturated carbocycles. The van der Waals surface area contributed by atoms with Crippen LogP contribution in [0.15, 0.2) is 0 Å². The smallest absolute Gasteiger partial charge is 0.243 e. The van der Waals surface area contributed by atoms with Crippen LogP contribution in [0.2, 0.25) is 0 Å². The summed E-state index contributed by atoms with van der Waals surface area (Å²) in [7, 11) is 0. The fourth-order valence-electron chi connectivity index (χ4n) is 4.33. The number of rotatable bonds is 1. The van der Waals surface area contributed by atoms with Crippen LogP contribution in [0.1, 0.15) is 57.8 Å². The number of likely N-dealkylation sites (tertiary alicyclic amines) is 1. The van der Waals surface area contributed by atoms with E-state index in [2.05, 4.69) is 11.0 Å². The van der Waals surface area contributed by atoms with Crippen molar-refractivity contribution in [3.63, 3.8) is 0 Å². The first-order chi connectivity index (χ1) is 8.77. The molecule has 2 atom stereocenters. The molecule has 0 aromatic rings. The van der Waals surface area contributed by atoms with E-state index in [1.54, 1.807) is 0 Å². The molecule has 98 valence electrons. The average molecular weight is 246 g/mol. The number of hydrogen-bond acceptors (Lipinski definition) is 2. The van der Waals surface area contributed by atoms with Crippen molar-refractivity contribution < 1.29 is 4.79 Å². The van der Waals surface area contributed by atoms with Crippen molar-refractivity contribution in [3.8, 4) is 6.07 Å². The summed E-state index contributed by atoms with van der Waals surface area (Å²) >= 11 is 0. The predicted octanol–water partition coefficient (Wildman–Crippen LogP) is 2.86. The van der Waals surface area contributed by atoms with Crippen molar-refractivity contribution in [3.05, 3.63) is 0 Å². The maximum absolute atomic E-state index is 12.8. The first-order valence-corrected chi connectivity index (χ1v) is 7.49. The number of amides is 1. The Hall–Kier alpha value is -1.04. The molecule has 0 aromatic carbocycles. The molecule has 3 nitrogen and oxygen atoms in total. The summed E-state index contributed by atoms with van der Waals surface area (Å²) < 4.78 is 0. The maximum Gasteiger partial charge on any atom is 0.243 e. The highest BCUT2D eigenvalue weighted by Crippen LogP contribution is 2.43. The zero-order valence-electron chi connectivity index (χ0n) is 11.0. The van der Waals surface area contributed by atoms with Gasteiger partial charge in [-0.2, -0.15) is 5.26 Å². The van der Waals surface area contributed by atoms with Gasteiger partial charge >= 0.3 is 0 Å². The second-order valence-corrected chi connectivity index (χ2v) is 6.30. The van der Waals surface area contributed by atoms with Crippen molar-refractivity contribution in [2.75, 3.05) is 6.54 Å². The Balaban J connectivity index is 1.81. The van der Waals surface area contributed by atoms with Gasteiger partial charge in [0.1, 0.15) is 5.41 Å². The van der Waals surface area contributed by atoms with Crippen molar-refractivity contribution in [1.29, 1.82) is 5.26 Å². The largest absolute Gasteiger partial charge is 0.338 e. The van der Waals surface area contributed by atoms with Crippen LogP contribution in [0.4, 0.5) is 0 Å². The van der Waals surface area contributed by atoms with Crippen LogP contribution in [0.3, 0.4) is 0 Å². The van der Waals surface area contributed by atoms with Gasteiger partial charge in [0.05, 0.1) is 6.07 Å². The maximum atomic E-state index is 12.8. The Bertz CT molecular complexity index is 378. The summed E-state index contributed by atoms with van der Waals surface area (Å²) in [5, 5.41) is 9.46. The second-order valence-electron chi connectivity index (χ2n) is 6.30. The fourth-order valence-corrected chi connectivity index (χ4v) is 4.33. The third-order valence-corrected chi connectivity index (χ3v) is 5.33. The van der Waals surface area contributed by atoms with Gasteiger partial charge in [-0.05, 0) is 44.4 Å². The van der Waals surface area contributed by atoms with Crippen molar-refractivity contribution in [2.45, 2.75) is 63.8 Å². The van der Waals surface area contributed by atoms with Gasteiger partial charge in [0.15, 0.2) is 0 Å². The first kappa shape index (κ1) is 12.0. The van der Waals surface area contributed by atoms with Crippen LogP contribution in [0.5, 0.6) is 0 Å². The summed E-state index contributed by atoms with van der Waals surface area (Å²) in [5.41, 5.74) is -0.662. The second kappa shape index (κ2) is 4.57. The third kappa shape index (κ3) is 1.74. The molecule has 3 rings (SSSR count). The zero-order chi connectivity index (χ0) is 12.6. The van der Waals surface area contributed by atoms with Crippen LogP contribution in [0.25, 0.3) is 0 Å². The predicted molar refractivity (Wildman–Crippen MR) is 68.6 cm³/mol. The van der Waals surface area contributed by atoms with Crippen LogP contribution in [-0.4, -0.2) is 23.4 Å². The van der Waals surface area contributed by atoms with E-state index >= 15 is 0 Å². The molecule has 3 aliphatic rings. The number of nitrogens with zero attached hydrogens (tertiary/aromatic N) is 2. The molecule has 3 fully saturated rings. The van der Waals surface area contributed by atoms with E-state index in [4.69, 9.17) is 0 Å². The fraction of sp³-hybridized carbons (Fsp3) is 0.867. The highest BCUT2D eigenvalue weighted by molar-refractivity contribution is 5.86. The van der Waals surface area contributed by atoms with E-state index in [0.29, 0.717) is 6.04 Å². The van der Waals surface area contributed by atoms with Crippen molar-refractivity contribution in [1.82, 2.24) is 4.90 Å². The summed E-state index contributed by atoms with van der Waals surface area (Å²) in [6.45, 7) is 0.892. The van der Waals surface area contributed by atoms with E-state index in [0.717, 1.165) is 51.0 Å². The molecule has 1 heterocycles. The van der Waals surface area contributed by atoms with Crippen LogP contribution in [0, 0.1) is 22.7 Å². The summed E-state index contributed by atoms with van der Waals surface area (Å²) in [4.78, 5) is 14.9. The molecule has 2 aliphatic carbocycles. The Morgan fingerprint density at radius 2 is 1.83 bits per heavy atom. The lowest BCUT2D eigenvalue weighted by atomic mass is 9.83. The molecule has 0 spiro atoms. The number of carbonyl (C=O) groups excluding carboxylic acids is 1. The van der Waals surface area contributed by atoms with E-state index in [9.17, 15) is 10.1 Å². The monoisotopic (exact) mass is 246 g/mol. The lowest BCUT2D eigenvalue weighted by molar-refractivity contribution is -0.143. The minimum atomic E-state index is -0.662. The van der Waals surface area contributed by atoms with E-state index in [1.165, 1.54) is 19.3 Å². The third-order valence-electron chi connectivity index (χ3n) is 5.33. The lowest BCUT2D eigenvalue weighted by Crippen LogP contribution is -2.51. The summed E-state index contributed by atoms with van der Waals surface area (Å²) in [6, 6.07) is 2.82. The number of piperidine rings is 1. The molecule has 0 N–H and O–H groups in total. The molecule has 0 aromatic heterocycles. The van der Waals surface area contributed by atoms with Crippen molar-refractivity contribution >= 4 is 5.91 Å². The van der Waals surface area contributed by atoms with Crippen LogP contribution in [-0.2, 0) is 4.79 Å². The SMILES string of the molecule is N#CC1(C(=O)N2CCCC3CCCC32)CCCC1. The standard InChI is InChI=1S/C15H22N2O/c16-11-15(8-1-2-9-15)14(18)17-10-4-6-12-5-3-7-13(12)17/h12-13H,1-10H2. The molecule has 0 radical (unpaired) electrons. The molecule has 3 heteroatoms. The van der Waals surface area contributed by atoms with Gasteiger partial charge in [-0.25, -0.2) is 0 Å². The van der Waals surface area contributed by atoms with Crippen molar-refractivity contribution in [2.24, 2.45) is 11.3 Å². The van der Waals surface area contributed by atoms with E-state index in [-0.39, 0.29) is 5.91 Å². The molecule has 18 heavy (non-hydrogen) atoms. The van der Waals surface area contributed by atoms with Gasteiger partial charge in [-0.15, -0.1) is 0 Å². The molecule has 1 amide bonds. The minimum absolute atomic E-state index is 0.166. The van der Waals surface area contributed by atoms with Gasteiger partial charge in [0.25, 0.3) is 0 Å². The molecule has 0 bridgehead atoms. The average Bonchev–Trinajstić information content (AvgIpc) is 3.06. The zero-order valence-corrected chi connectivity index (χ0v) is 11.0. The lowest BCUT2D eigenvalue weighted by Gasteiger charge is -2.40. The van der Waals surface area contributed by atoms with Crippen LogP contribution < -0.4 is 0 Å². The topological polar surface area (TPSA) is 44.1 Å². The van der Waals surface area contributed by atoms with Gasteiger partial charge in [-0.1, -0.05) is 19.3 Å². The van der Waals surface area contributed by atoms with Gasteiger partial charge in [0.2, 0.25) is 5.91 Å². The molecular weight excluding hydrogens is 224 g/mol. The Labute approximate surface area is 109 Å². The quantitative estimate of drug-likeness (QED) is 0.714. The van der Waals surface area contributed by atoms with E-state index < -0.39 is 5.41 Å². The normalized spacial score (nSPS) is 34.1. The molecule has 2 unspecified atom stereocenters. The number of carbonyl (C=O) groups is 1. The number of fused-ring (bicyclic) bond motifs is 1. The molecular formula is C15H22N2O. The van der Waals surface area contributed by atoms with E-state index in [1.807, 2.05) is 0 Å². The van der Waals surface area contributed by atoms with Crippen LogP contribution >= 0.6 is 0 Å².